The minimum Gasteiger partial charge on any atom is -0.306 e. The van der Waals surface area contributed by atoms with Crippen molar-refractivity contribution < 1.29 is 0 Å². The van der Waals surface area contributed by atoms with Crippen LogP contribution >= 0.6 is 35.3 Å². The molecule has 0 saturated carbocycles. The maximum absolute atomic E-state index is 4.64. The van der Waals surface area contributed by atoms with Crippen LogP contribution < -0.4 is 0 Å². The monoisotopic (exact) mass is 766 g/mol. The maximum Gasteiger partial charge on any atom is 0.0505 e. The molecule has 1 aliphatic rings. The number of allylic oxidation sites excluding steroid dienone is 2. The van der Waals surface area contributed by atoms with Gasteiger partial charge in [-0.15, -0.1) is 23.5 Å². The molecule has 302 valence electrons. The molecular weight excluding hydrogens is 675 g/mol. The summed E-state index contributed by atoms with van der Waals surface area (Å²) >= 11 is 6.76. The highest BCUT2D eigenvalue weighted by atomic mass is 32.2. The maximum atomic E-state index is 4.64. The van der Waals surface area contributed by atoms with Crippen LogP contribution in [-0.2, 0) is 0 Å². The first-order valence-corrected chi connectivity index (χ1v) is 25.8. The van der Waals surface area contributed by atoms with Crippen LogP contribution in [0.15, 0.2) is 24.3 Å². The summed E-state index contributed by atoms with van der Waals surface area (Å²) in [5, 5.41) is 0.777. The van der Waals surface area contributed by atoms with E-state index in [9.17, 15) is 0 Å². The third kappa shape index (κ3) is 29.5. The Bertz CT molecular complexity index is 770. The quantitative estimate of drug-likeness (QED) is 0.0350. The van der Waals surface area contributed by atoms with E-state index >= 15 is 0 Å². The van der Waals surface area contributed by atoms with Gasteiger partial charge >= 0.3 is 0 Å². The average Bonchev–Trinajstić information content (AvgIpc) is 3.12. The molecule has 0 aromatic rings. The second kappa shape index (κ2) is 34.9. The van der Waals surface area contributed by atoms with Crippen LogP contribution in [0, 0.1) is 5.41 Å². The summed E-state index contributed by atoms with van der Waals surface area (Å²) < 4.78 is 0.767. The van der Waals surface area contributed by atoms with Gasteiger partial charge in [-0.25, -0.2) is 0 Å². The van der Waals surface area contributed by atoms with E-state index in [4.69, 9.17) is 0 Å². The van der Waals surface area contributed by atoms with Crippen molar-refractivity contribution in [2.24, 2.45) is 5.41 Å². The molecule has 51 heavy (non-hydrogen) atoms. The zero-order valence-electron chi connectivity index (χ0n) is 35.5. The van der Waals surface area contributed by atoms with Crippen molar-refractivity contribution in [1.29, 1.82) is 0 Å². The Morgan fingerprint density at radius 3 is 1.37 bits per heavy atom. The van der Waals surface area contributed by atoms with Gasteiger partial charge in [-0.3, -0.25) is 0 Å². The van der Waals surface area contributed by atoms with Crippen molar-refractivity contribution in [3.8, 4) is 0 Å². The second-order valence-corrected chi connectivity index (χ2v) is 21.2. The summed E-state index contributed by atoms with van der Waals surface area (Å²) in [6.07, 6.45) is 41.3. The van der Waals surface area contributed by atoms with Gasteiger partial charge in [0.15, 0.2) is 0 Å². The van der Waals surface area contributed by atoms with Gasteiger partial charge in [0.05, 0.1) is 4.58 Å². The van der Waals surface area contributed by atoms with Gasteiger partial charge in [0.1, 0.15) is 0 Å². The Morgan fingerprint density at radius 1 is 0.529 bits per heavy atom. The molecule has 1 heterocycles. The zero-order valence-corrected chi connectivity index (χ0v) is 37.9. The minimum atomic E-state index is 0.551. The van der Waals surface area contributed by atoms with Crippen molar-refractivity contribution in [3.05, 3.63) is 24.3 Å². The molecule has 0 aromatic heterocycles. The fraction of sp³-hybridized carbons (Fsp3) is 0.915. The lowest BCUT2D eigenvalue weighted by atomic mass is 9.71. The van der Waals surface area contributed by atoms with Crippen LogP contribution in [0.4, 0.5) is 0 Å². The van der Waals surface area contributed by atoms with Gasteiger partial charge in [-0.1, -0.05) is 148 Å². The van der Waals surface area contributed by atoms with Gasteiger partial charge < -0.3 is 4.90 Å². The summed E-state index contributed by atoms with van der Waals surface area (Å²) in [6, 6.07) is 0. The lowest BCUT2D eigenvalue weighted by Crippen LogP contribution is -2.38. The molecule has 0 radical (unpaired) electrons. The van der Waals surface area contributed by atoms with E-state index in [0.717, 1.165) is 9.83 Å². The predicted molar refractivity (Wildman–Crippen MR) is 244 cm³/mol. The van der Waals surface area contributed by atoms with Gasteiger partial charge in [0, 0.05) is 5.25 Å². The molecule has 1 nitrogen and oxygen atoms in total. The Labute approximate surface area is 335 Å². The summed E-state index contributed by atoms with van der Waals surface area (Å²) in [6.45, 7) is 21.1. The third-order valence-electron chi connectivity index (χ3n) is 11.7. The highest BCUT2D eigenvalue weighted by molar-refractivity contribution is 8.17. The van der Waals surface area contributed by atoms with E-state index in [-0.39, 0.29) is 0 Å². The van der Waals surface area contributed by atoms with Crippen molar-refractivity contribution >= 4 is 35.3 Å². The van der Waals surface area contributed by atoms with Crippen molar-refractivity contribution in [1.82, 2.24) is 4.90 Å². The minimum absolute atomic E-state index is 0.551. The van der Waals surface area contributed by atoms with Crippen LogP contribution in [0.1, 0.15) is 220 Å². The first-order valence-electron chi connectivity index (χ1n) is 22.7. The molecule has 1 saturated heterocycles. The van der Waals surface area contributed by atoms with Crippen LogP contribution in [0.2, 0.25) is 0 Å². The Kier molecular flexibility index (Phi) is 33.9. The van der Waals surface area contributed by atoms with Crippen LogP contribution in [0.25, 0.3) is 0 Å². The normalized spacial score (nSPS) is 15.5. The van der Waals surface area contributed by atoms with Crippen LogP contribution in [0.5, 0.6) is 0 Å². The molecule has 1 aliphatic heterocycles. The largest absolute Gasteiger partial charge is 0.306 e. The zero-order chi connectivity index (χ0) is 37.3. The number of piperidine rings is 1. The molecule has 0 amide bonds. The number of nitrogens with zero attached hydrogens (tertiary/aromatic N) is 1. The molecule has 0 aromatic carbocycles. The predicted octanol–water partition coefficient (Wildman–Crippen LogP) is 16.7. The first kappa shape index (κ1) is 49.5. The summed E-state index contributed by atoms with van der Waals surface area (Å²) in [4.78, 5) is 2.56. The highest BCUT2D eigenvalue weighted by Gasteiger charge is 2.32. The first-order chi connectivity index (χ1) is 24.8. The molecule has 0 bridgehead atoms. The van der Waals surface area contributed by atoms with Crippen molar-refractivity contribution in [2.45, 2.75) is 230 Å². The highest BCUT2D eigenvalue weighted by Crippen LogP contribution is 2.42. The van der Waals surface area contributed by atoms with Crippen molar-refractivity contribution in [2.75, 3.05) is 37.4 Å². The van der Waals surface area contributed by atoms with Gasteiger partial charge in [-0.05, 0) is 139 Å². The summed E-state index contributed by atoms with van der Waals surface area (Å²) in [7, 11) is 2.32. The van der Waals surface area contributed by atoms with E-state index in [1.807, 2.05) is 0 Å². The van der Waals surface area contributed by atoms with Gasteiger partial charge in [0.25, 0.3) is 0 Å². The lowest BCUT2D eigenvalue weighted by Gasteiger charge is -2.41. The van der Waals surface area contributed by atoms with Gasteiger partial charge in [0.2, 0.25) is 0 Å². The van der Waals surface area contributed by atoms with E-state index < -0.39 is 0 Å². The number of thioether (sulfide) groups is 3. The fourth-order valence-electron chi connectivity index (χ4n) is 7.78. The van der Waals surface area contributed by atoms with Crippen LogP contribution in [-0.4, -0.2) is 52.1 Å². The standard InChI is InChI=1S/C47H91NS3/c1-8-11-14-17-20-23-40-49-45(6)32-30-43(4)28-26-34-47(36-38-48(7)39-37-47)35-27-29-44(5)31-33-46(50-41-24-21-18-15-12-9-2)51-42-25-22-19-16-13-10-3/h45-46H,4-5,8-42H2,1-3,6-7H3. The molecule has 0 N–H and O–H groups in total. The van der Waals surface area contributed by atoms with E-state index in [0.29, 0.717) is 5.41 Å². The second-order valence-electron chi connectivity index (χ2n) is 16.7. The smallest absolute Gasteiger partial charge is 0.0505 e. The number of hydrogen-bond donors (Lipinski definition) is 0. The SMILES string of the molecule is C=C(CCCC1(CCCC(=C)CCC(SCCCCCCCC)SCCCCCCCC)CCN(C)CC1)CCC(C)SCCCCCCCC. The fourth-order valence-corrected chi connectivity index (χ4v) is 11.6. The van der Waals surface area contributed by atoms with E-state index in [2.05, 4.69) is 88.1 Å². The number of unbranched alkanes of at least 4 members (excludes halogenated alkanes) is 15. The summed E-state index contributed by atoms with van der Waals surface area (Å²) in [5.74, 6) is 4.06. The topological polar surface area (TPSA) is 3.24 Å². The number of likely N-dealkylation sites (tertiary alicyclic amines) is 1. The molecule has 1 unspecified atom stereocenters. The van der Waals surface area contributed by atoms with Gasteiger partial charge in [-0.2, -0.15) is 11.8 Å². The Balaban J connectivity index is 2.41. The molecule has 0 aliphatic carbocycles. The Hall–Kier alpha value is 0.490. The molecular formula is C47H91NS3. The van der Waals surface area contributed by atoms with Crippen LogP contribution in [0.3, 0.4) is 0 Å². The van der Waals surface area contributed by atoms with E-state index in [1.54, 1.807) is 0 Å². The molecule has 4 heteroatoms. The average molecular weight is 766 g/mol. The molecule has 1 fully saturated rings. The Morgan fingerprint density at radius 2 is 0.922 bits per heavy atom. The van der Waals surface area contributed by atoms with E-state index in [1.165, 1.54) is 234 Å². The molecule has 1 atom stereocenters. The van der Waals surface area contributed by atoms with Crippen molar-refractivity contribution in [3.63, 3.8) is 0 Å². The summed E-state index contributed by atoms with van der Waals surface area (Å²) in [5.41, 5.74) is 3.59. The molecule has 1 rings (SSSR count). The number of rotatable bonds is 38. The number of hydrogen-bond acceptors (Lipinski definition) is 4. The third-order valence-corrected chi connectivity index (χ3v) is 16.1. The molecule has 0 spiro atoms. The lowest BCUT2D eigenvalue weighted by molar-refractivity contribution is 0.0978.